The Morgan fingerprint density at radius 3 is 2.59 bits per heavy atom. The third-order valence-corrected chi connectivity index (χ3v) is 6.15. The smallest absolute Gasteiger partial charge is 0.437 e. The zero-order valence-corrected chi connectivity index (χ0v) is 18.8. The van der Waals surface area contributed by atoms with Crippen LogP contribution in [0.5, 0.6) is 5.75 Å². The number of alkyl halides is 3. The number of pyridine rings is 2. The molecule has 0 atom stereocenters. The first-order valence-electron chi connectivity index (χ1n) is 11.1. The second-order valence-corrected chi connectivity index (χ2v) is 8.43. The molecular formula is C23H24F3N7O. The van der Waals surface area contributed by atoms with E-state index in [-0.39, 0.29) is 17.9 Å². The van der Waals surface area contributed by atoms with Gasteiger partial charge in [0.2, 0.25) is 0 Å². The number of halogens is 3. The SMILES string of the molecule is CNc1cc2c(cn1)c(-c1cnn(C)c1)nn2[C@H]1CC[C@@H](Oc2cccnc2C(F)(F)F)CC1. The van der Waals surface area contributed by atoms with Crippen molar-refractivity contribution in [2.45, 2.75) is 44.0 Å². The molecule has 1 saturated carbocycles. The fourth-order valence-electron chi connectivity index (χ4n) is 4.49. The van der Waals surface area contributed by atoms with Crippen LogP contribution in [0.2, 0.25) is 0 Å². The topological polar surface area (TPSA) is 82.7 Å². The molecule has 1 aliphatic rings. The van der Waals surface area contributed by atoms with Gasteiger partial charge in [-0.15, -0.1) is 0 Å². The highest BCUT2D eigenvalue weighted by molar-refractivity contribution is 5.93. The zero-order valence-electron chi connectivity index (χ0n) is 18.8. The number of fused-ring (bicyclic) bond motifs is 1. The van der Waals surface area contributed by atoms with Gasteiger partial charge < -0.3 is 10.1 Å². The summed E-state index contributed by atoms with van der Waals surface area (Å²) in [6, 6.07) is 4.85. The minimum absolute atomic E-state index is 0.0934. The van der Waals surface area contributed by atoms with E-state index < -0.39 is 11.9 Å². The largest absolute Gasteiger partial charge is 0.488 e. The molecule has 0 saturated heterocycles. The molecule has 4 heterocycles. The molecule has 5 rings (SSSR count). The highest BCUT2D eigenvalue weighted by Gasteiger charge is 2.37. The van der Waals surface area contributed by atoms with Crippen molar-refractivity contribution in [2.75, 3.05) is 12.4 Å². The Hall–Kier alpha value is -3.63. The summed E-state index contributed by atoms with van der Waals surface area (Å²) in [5, 5.41) is 13.2. The first-order chi connectivity index (χ1) is 16.3. The second kappa shape index (κ2) is 8.62. The minimum Gasteiger partial charge on any atom is -0.488 e. The number of anilines is 1. The van der Waals surface area contributed by atoms with Crippen molar-refractivity contribution in [1.82, 2.24) is 29.5 Å². The highest BCUT2D eigenvalue weighted by Crippen LogP contribution is 2.39. The van der Waals surface area contributed by atoms with E-state index in [0.29, 0.717) is 12.8 Å². The lowest BCUT2D eigenvalue weighted by molar-refractivity contribution is -0.143. The zero-order chi connectivity index (χ0) is 23.9. The van der Waals surface area contributed by atoms with Crippen molar-refractivity contribution in [1.29, 1.82) is 0 Å². The van der Waals surface area contributed by atoms with Crippen LogP contribution in [0.25, 0.3) is 22.2 Å². The monoisotopic (exact) mass is 471 g/mol. The van der Waals surface area contributed by atoms with Crippen molar-refractivity contribution in [3.05, 3.63) is 48.7 Å². The number of hydrogen-bond acceptors (Lipinski definition) is 6. The average Bonchev–Trinajstić information content (AvgIpc) is 3.42. The molecule has 178 valence electrons. The molecule has 1 aliphatic carbocycles. The standard InChI is InChI=1S/C23H24F3N7O/c1-27-20-10-18-17(12-29-20)21(14-11-30-32(2)13-14)31-33(18)15-5-7-16(8-6-15)34-19-4-3-9-28-22(19)23(24,25)26/h3-4,9-13,15-16H,5-8H2,1-2H3,(H,27,29)/t15-,16+. The van der Waals surface area contributed by atoms with Crippen LogP contribution in [-0.4, -0.2) is 42.7 Å². The van der Waals surface area contributed by atoms with Crippen LogP contribution in [0.4, 0.5) is 19.0 Å². The summed E-state index contributed by atoms with van der Waals surface area (Å²) in [6.07, 6.45) is 4.45. The number of hydrogen-bond donors (Lipinski definition) is 1. The fraction of sp³-hybridized carbons (Fsp3) is 0.391. The van der Waals surface area contributed by atoms with E-state index >= 15 is 0 Å². The molecule has 0 unspecified atom stereocenters. The van der Waals surface area contributed by atoms with Crippen molar-refractivity contribution in [3.8, 4) is 17.0 Å². The first-order valence-corrected chi connectivity index (χ1v) is 11.1. The molecule has 0 radical (unpaired) electrons. The summed E-state index contributed by atoms with van der Waals surface area (Å²) in [4.78, 5) is 7.93. The lowest BCUT2D eigenvalue weighted by Crippen LogP contribution is -2.27. The van der Waals surface area contributed by atoms with E-state index in [1.807, 2.05) is 37.2 Å². The van der Waals surface area contributed by atoms with Gasteiger partial charge in [-0.2, -0.15) is 23.4 Å². The molecule has 8 nitrogen and oxygen atoms in total. The van der Waals surface area contributed by atoms with Crippen molar-refractivity contribution < 1.29 is 17.9 Å². The van der Waals surface area contributed by atoms with E-state index in [9.17, 15) is 13.2 Å². The first kappa shape index (κ1) is 22.2. The van der Waals surface area contributed by atoms with Gasteiger partial charge in [0.25, 0.3) is 0 Å². The predicted molar refractivity (Wildman–Crippen MR) is 120 cm³/mol. The van der Waals surface area contributed by atoms with Gasteiger partial charge in [-0.25, -0.2) is 9.97 Å². The third kappa shape index (κ3) is 4.17. The molecule has 0 bridgehead atoms. The van der Waals surface area contributed by atoms with E-state index in [4.69, 9.17) is 9.84 Å². The predicted octanol–water partition coefficient (Wildman–Crippen LogP) is 4.85. The minimum atomic E-state index is -4.55. The number of nitrogens with one attached hydrogen (secondary N) is 1. The lowest BCUT2D eigenvalue weighted by Gasteiger charge is -2.30. The van der Waals surface area contributed by atoms with Gasteiger partial charge in [-0.1, -0.05) is 0 Å². The summed E-state index contributed by atoms with van der Waals surface area (Å²) >= 11 is 0. The van der Waals surface area contributed by atoms with Gasteiger partial charge in [-0.05, 0) is 37.8 Å². The molecule has 11 heteroatoms. The van der Waals surface area contributed by atoms with Crippen LogP contribution in [0.15, 0.2) is 43.0 Å². The third-order valence-electron chi connectivity index (χ3n) is 6.15. The number of nitrogens with zero attached hydrogens (tertiary/aromatic N) is 6. The number of rotatable bonds is 5. The van der Waals surface area contributed by atoms with Crippen molar-refractivity contribution in [3.63, 3.8) is 0 Å². The maximum Gasteiger partial charge on any atom is 0.437 e. The summed E-state index contributed by atoms with van der Waals surface area (Å²) in [7, 11) is 3.67. The van der Waals surface area contributed by atoms with Crippen LogP contribution < -0.4 is 10.1 Å². The molecular weight excluding hydrogens is 447 g/mol. The quantitative estimate of drug-likeness (QED) is 0.448. The Balaban J connectivity index is 1.39. The number of aromatic nitrogens is 6. The molecule has 34 heavy (non-hydrogen) atoms. The number of aryl methyl sites for hydroxylation is 1. The molecule has 1 fully saturated rings. The molecule has 1 N–H and O–H groups in total. The fourth-order valence-corrected chi connectivity index (χ4v) is 4.49. The second-order valence-electron chi connectivity index (χ2n) is 8.43. The Morgan fingerprint density at radius 2 is 1.91 bits per heavy atom. The van der Waals surface area contributed by atoms with Gasteiger partial charge >= 0.3 is 6.18 Å². The van der Waals surface area contributed by atoms with Crippen molar-refractivity contribution in [2.24, 2.45) is 7.05 Å². The van der Waals surface area contributed by atoms with E-state index in [0.717, 1.165) is 47.0 Å². The van der Waals surface area contributed by atoms with Gasteiger partial charge in [-0.3, -0.25) is 9.36 Å². The molecule has 4 aromatic rings. The van der Waals surface area contributed by atoms with Crippen LogP contribution in [0.1, 0.15) is 37.4 Å². The lowest BCUT2D eigenvalue weighted by atomic mass is 9.93. The normalized spacial score (nSPS) is 18.9. The Morgan fingerprint density at radius 1 is 1.12 bits per heavy atom. The maximum atomic E-state index is 13.3. The Labute approximate surface area is 193 Å². The molecule has 0 spiro atoms. The molecule has 0 amide bonds. The molecule has 4 aromatic heterocycles. The van der Waals surface area contributed by atoms with Gasteiger partial charge in [0.15, 0.2) is 11.4 Å². The van der Waals surface area contributed by atoms with E-state index in [1.54, 1.807) is 10.9 Å². The molecule has 0 aliphatic heterocycles. The average molecular weight is 471 g/mol. The Bertz CT molecular complexity index is 1310. The van der Waals surface area contributed by atoms with E-state index in [1.165, 1.54) is 12.1 Å². The van der Waals surface area contributed by atoms with Crippen LogP contribution in [0.3, 0.4) is 0 Å². The van der Waals surface area contributed by atoms with Gasteiger partial charge in [0, 0.05) is 49.7 Å². The van der Waals surface area contributed by atoms with Gasteiger partial charge in [0.05, 0.1) is 23.9 Å². The van der Waals surface area contributed by atoms with Crippen LogP contribution in [0, 0.1) is 0 Å². The van der Waals surface area contributed by atoms with Crippen LogP contribution in [-0.2, 0) is 13.2 Å². The van der Waals surface area contributed by atoms with Crippen LogP contribution >= 0.6 is 0 Å². The highest BCUT2D eigenvalue weighted by atomic mass is 19.4. The van der Waals surface area contributed by atoms with Gasteiger partial charge in [0.1, 0.15) is 11.5 Å². The molecule has 0 aromatic carbocycles. The van der Waals surface area contributed by atoms with E-state index in [2.05, 4.69) is 20.4 Å². The Kier molecular flexibility index (Phi) is 5.62. The summed E-state index contributed by atoms with van der Waals surface area (Å²) in [5.74, 6) is 0.520. The van der Waals surface area contributed by atoms with Crippen molar-refractivity contribution >= 4 is 16.7 Å². The summed E-state index contributed by atoms with van der Waals surface area (Å²) in [6.45, 7) is 0. The number of ether oxygens (including phenoxy) is 1. The maximum absolute atomic E-state index is 13.3. The summed E-state index contributed by atoms with van der Waals surface area (Å²) in [5.41, 5.74) is 1.68. The summed E-state index contributed by atoms with van der Waals surface area (Å²) < 4.78 is 49.3.